The fourth-order valence-electron chi connectivity index (χ4n) is 1.52. The number of rotatable bonds is 6. The van der Waals surface area contributed by atoms with Crippen molar-refractivity contribution in [1.29, 1.82) is 0 Å². The number of hydrogen-bond acceptors (Lipinski definition) is 4. The molecule has 1 fully saturated rings. The number of ketones is 1. The minimum absolute atomic E-state index is 0.222. The Kier molecular flexibility index (Phi) is 4.42. The molecule has 18 heavy (non-hydrogen) atoms. The van der Waals surface area contributed by atoms with Gasteiger partial charge in [-0.15, -0.1) is 11.8 Å². The lowest BCUT2D eigenvalue weighted by molar-refractivity contribution is -0.137. The first-order valence-corrected chi connectivity index (χ1v) is 7.13. The van der Waals surface area contributed by atoms with Crippen LogP contribution >= 0.6 is 11.8 Å². The molecule has 1 aliphatic rings. The molecule has 0 amide bonds. The molecule has 0 bridgehead atoms. The van der Waals surface area contributed by atoms with E-state index in [2.05, 4.69) is 4.74 Å². The summed E-state index contributed by atoms with van der Waals surface area (Å²) in [6.45, 7) is 1.91. The van der Waals surface area contributed by atoms with E-state index in [1.54, 1.807) is 30.8 Å². The highest BCUT2D eigenvalue weighted by atomic mass is 32.2. The number of Topliss-reactive ketones (excluding diaryl/α,β-unsaturated/α-hetero) is 1. The summed E-state index contributed by atoms with van der Waals surface area (Å²) < 4.78 is 4.68. The Labute approximate surface area is 111 Å². The Morgan fingerprint density at radius 3 is 2.50 bits per heavy atom. The van der Waals surface area contributed by atoms with Crippen molar-refractivity contribution in [1.82, 2.24) is 0 Å². The van der Waals surface area contributed by atoms with Crippen LogP contribution in [0.2, 0.25) is 0 Å². The van der Waals surface area contributed by atoms with E-state index in [-0.39, 0.29) is 6.61 Å². The first-order valence-electron chi connectivity index (χ1n) is 6.15. The van der Waals surface area contributed by atoms with Gasteiger partial charge in [0.1, 0.15) is 0 Å². The van der Waals surface area contributed by atoms with Crippen LogP contribution in [0.5, 0.6) is 0 Å². The molecule has 1 aromatic carbocycles. The van der Waals surface area contributed by atoms with Crippen molar-refractivity contribution >= 4 is 23.5 Å². The lowest BCUT2D eigenvalue weighted by Crippen LogP contribution is -2.17. The van der Waals surface area contributed by atoms with Gasteiger partial charge in [-0.2, -0.15) is 0 Å². The number of thioether (sulfide) groups is 1. The molecule has 0 radical (unpaired) electrons. The second-order valence-electron chi connectivity index (χ2n) is 4.33. The molecular weight excluding hydrogens is 248 g/mol. The van der Waals surface area contributed by atoms with E-state index in [0.717, 1.165) is 16.6 Å². The number of benzene rings is 1. The van der Waals surface area contributed by atoms with Crippen LogP contribution < -0.4 is 0 Å². The number of ether oxygens (including phenoxy) is 1. The maximum Gasteiger partial charge on any atom is 0.379 e. The zero-order valence-corrected chi connectivity index (χ0v) is 11.2. The van der Waals surface area contributed by atoms with Crippen LogP contribution in [0.3, 0.4) is 0 Å². The highest BCUT2D eigenvalue weighted by Crippen LogP contribution is 2.34. The molecule has 0 unspecified atom stereocenters. The topological polar surface area (TPSA) is 43.4 Å². The third-order valence-corrected chi connectivity index (χ3v) is 4.00. The van der Waals surface area contributed by atoms with Gasteiger partial charge in [-0.3, -0.25) is 4.79 Å². The normalized spacial score (nSPS) is 14.3. The first kappa shape index (κ1) is 13.1. The summed E-state index contributed by atoms with van der Waals surface area (Å²) in [5.74, 6) is 0.660. The molecule has 0 heterocycles. The number of carbonyl (C=O) groups is 2. The van der Waals surface area contributed by atoms with Crippen molar-refractivity contribution in [2.75, 3.05) is 12.4 Å². The average Bonchev–Trinajstić information content (AvgIpc) is 3.20. The van der Waals surface area contributed by atoms with E-state index in [4.69, 9.17) is 0 Å². The maximum absolute atomic E-state index is 11.6. The molecule has 1 aliphatic carbocycles. The Morgan fingerprint density at radius 1 is 1.28 bits per heavy atom. The molecule has 2 rings (SSSR count). The second kappa shape index (κ2) is 6.05. The summed E-state index contributed by atoms with van der Waals surface area (Å²) in [6, 6.07) is 7.15. The zero-order valence-electron chi connectivity index (χ0n) is 10.3. The molecule has 3 nitrogen and oxygen atoms in total. The Hall–Kier alpha value is -1.29. The number of hydrogen-bond donors (Lipinski definition) is 0. The summed E-state index contributed by atoms with van der Waals surface area (Å²) in [4.78, 5) is 24.1. The monoisotopic (exact) mass is 264 g/mol. The molecule has 0 aliphatic heterocycles. The molecule has 1 saturated carbocycles. The lowest BCUT2D eigenvalue weighted by Gasteiger charge is -2.03. The molecule has 0 atom stereocenters. The summed E-state index contributed by atoms with van der Waals surface area (Å²) in [6.07, 6.45) is 2.68. The molecule has 0 aromatic heterocycles. The molecule has 96 valence electrons. The summed E-state index contributed by atoms with van der Waals surface area (Å²) in [5.41, 5.74) is 0.393. The predicted molar refractivity (Wildman–Crippen MR) is 70.9 cm³/mol. The van der Waals surface area contributed by atoms with Crippen LogP contribution in [0.4, 0.5) is 0 Å². The Bertz CT molecular complexity index is 435. The van der Waals surface area contributed by atoms with Crippen molar-refractivity contribution in [3.63, 3.8) is 0 Å². The smallest absolute Gasteiger partial charge is 0.379 e. The van der Waals surface area contributed by atoms with E-state index in [0.29, 0.717) is 5.56 Å². The fourth-order valence-corrected chi connectivity index (χ4v) is 2.61. The van der Waals surface area contributed by atoms with Gasteiger partial charge < -0.3 is 4.74 Å². The highest BCUT2D eigenvalue weighted by molar-refractivity contribution is 7.99. The van der Waals surface area contributed by atoms with Crippen LogP contribution in [0.1, 0.15) is 30.1 Å². The van der Waals surface area contributed by atoms with Gasteiger partial charge in [0.05, 0.1) is 6.61 Å². The van der Waals surface area contributed by atoms with Gasteiger partial charge in [0, 0.05) is 16.2 Å². The quantitative estimate of drug-likeness (QED) is 0.343. The molecule has 0 N–H and O–H groups in total. The van der Waals surface area contributed by atoms with Gasteiger partial charge in [0.25, 0.3) is 5.78 Å². The largest absolute Gasteiger partial charge is 0.460 e. The summed E-state index contributed by atoms with van der Waals surface area (Å²) >= 11 is 1.80. The first-order chi connectivity index (χ1) is 8.70. The summed E-state index contributed by atoms with van der Waals surface area (Å²) in [7, 11) is 0. The maximum atomic E-state index is 11.6. The van der Waals surface area contributed by atoms with E-state index in [1.807, 2.05) is 12.1 Å². The van der Waals surface area contributed by atoms with Crippen LogP contribution in [0.15, 0.2) is 29.2 Å². The van der Waals surface area contributed by atoms with Gasteiger partial charge in [-0.1, -0.05) is 0 Å². The number of carbonyl (C=O) groups excluding carboxylic acids is 2. The van der Waals surface area contributed by atoms with E-state index < -0.39 is 11.8 Å². The minimum Gasteiger partial charge on any atom is -0.460 e. The minimum atomic E-state index is -0.782. The van der Waals surface area contributed by atoms with Crippen molar-refractivity contribution in [2.45, 2.75) is 24.7 Å². The number of esters is 1. The van der Waals surface area contributed by atoms with Crippen molar-refractivity contribution in [2.24, 2.45) is 5.92 Å². The van der Waals surface area contributed by atoms with Crippen LogP contribution in [0, 0.1) is 5.92 Å². The Morgan fingerprint density at radius 2 is 1.94 bits per heavy atom. The third-order valence-electron chi connectivity index (χ3n) is 2.76. The van der Waals surface area contributed by atoms with Gasteiger partial charge in [-0.05, 0) is 49.9 Å². The Balaban J connectivity index is 1.93. The average molecular weight is 264 g/mol. The van der Waals surface area contributed by atoms with Crippen molar-refractivity contribution in [3.8, 4) is 0 Å². The predicted octanol–water partition coefficient (Wildman–Crippen LogP) is 2.93. The summed E-state index contributed by atoms with van der Waals surface area (Å²) in [5, 5.41) is 0. The molecule has 1 aromatic rings. The zero-order chi connectivity index (χ0) is 13.0. The standard InChI is InChI=1S/C14H16O3S/c1-2-17-14(16)13(15)11-5-7-12(8-6-11)18-9-10-3-4-10/h5-8,10H,2-4,9H2,1H3. The van der Waals surface area contributed by atoms with Crippen molar-refractivity contribution in [3.05, 3.63) is 29.8 Å². The molecular formula is C14H16O3S. The SMILES string of the molecule is CCOC(=O)C(=O)c1ccc(SCC2CC2)cc1. The lowest BCUT2D eigenvalue weighted by atomic mass is 10.1. The third kappa shape index (κ3) is 3.60. The molecule has 4 heteroatoms. The van der Waals surface area contributed by atoms with Crippen molar-refractivity contribution < 1.29 is 14.3 Å². The van der Waals surface area contributed by atoms with Gasteiger partial charge in [-0.25, -0.2) is 4.79 Å². The van der Waals surface area contributed by atoms with Gasteiger partial charge >= 0.3 is 5.97 Å². The highest BCUT2D eigenvalue weighted by Gasteiger charge is 2.21. The van der Waals surface area contributed by atoms with E-state index in [1.165, 1.54) is 12.8 Å². The second-order valence-corrected chi connectivity index (χ2v) is 5.42. The van der Waals surface area contributed by atoms with Crippen LogP contribution in [-0.2, 0) is 9.53 Å². The van der Waals surface area contributed by atoms with E-state index >= 15 is 0 Å². The fraction of sp³-hybridized carbons (Fsp3) is 0.429. The van der Waals surface area contributed by atoms with E-state index in [9.17, 15) is 9.59 Å². The van der Waals surface area contributed by atoms with Crippen LogP contribution in [-0.4, -0.2) is 24.1 Å². The van der Waals surface area contributed by atoms with Gasteiger partial charge in [0.15, 0.2) is 0 Å². The van der Waals surface area contributed by atoms with Gasteiger partial charge in [0.2, 0.25) is 0 Å². The molecule has 0 saturated heterocycles. The molecule has 0 spiro atoms. The van der Waals surface area contributed by atoms with Crippen LogP contribution in [0.25, 0.3) is 0 Å².